The van der Waals surface area contributed by atoms with Gasteiger partial charge in [0.05, 0.1) is 0 Å². The fourth-order valence-corrected chi connectivity index (χ4v) is 2.17. The van der Waals surface area contributed by atoms with Crippen molar-refractivity contribution in [3.05, 3.63) is 23.8 Å². The molecule has 0 atom stereocenters. The Balaban J connectivity index is 1.77. The molecule has 0 spiro atoms. The minimum absolute atomic E-state index is 0.152. The van der Waals surface area contributed by atoms with Gasteiger partial charge < -0.3 is 19.7 Å². The molecule has 2 heterocycles. The van der Waals surface area contributed by atoms with Gasteiger partial charge in [0, 0.05) is 31.7 Å². The van der Waals surface area contributed by atoms with Gasteiger partial charge in [-0.3, -0.25) is 9.59 Å². The predicted molar refractivity (Wildman–Crippen MR) is 66.3 cm³/mol. The zero-order valence-electron chi connectivity index (χ0n) is 10.3. The number of piperazine rings is 1. The molecule has 3 rings (SSSR count). The molecule has 100 valence electrons. The Bertz CT molecular complexity index is 523. The highest BCUT2D eigenvalue weighted by molar-refractivity contribution is 6.42. The van der Waals surface area contributed by atoms with Crippen molar-refractivity contribution >= 4 is 11.7 Å². The highest BCUT2D eigenvalue weighted by Crippen LogP contribution is 2.32. The van der Waals surface area contributed by atoms with Gasteiger partial charge in [0.25, 0.3) is 11.7 Å². The third kappa shape index (κ3) is 2.26. The molecule has 1 N–H and O–H groups in total. The predicted octanol–water partition coefficient (Wildman–Crippen LogP) is 0.0298. The highest BCUT2D eigenvalue weighted by Gasteiger charge is 2.26. The number of carbonyl (C=O) groups excluding carboxylic acids is 2. The summed E-state index contributed by atoms with van der Waals surface area (Å²) in [4.78, 5) is 25.8. The van der Waals surface area contributed by atoms with Gasteiger partial charge in [0.1, 0.15) is 0 Å². The number of nitrogens with one attached hydrogen (secondary N) is 1. The van der Waals surface area contributed by atoms with Crippen LogP contribution in [-0.2, 0) is 4.79 Å². The normalized spacial score (nSPS) is 17.4. The summed E-state index contributed by atoms with van der Waals surface area (Å²) in [5, 5.41) is 3.14. The number of ketones is 1. The first-order valence-corrected chi connectivity index (χ1v) is 6.20. The van der Waals surface area contributed by atoms with E-state index in [2.05, 4.69) is 5.32 Å². The monoisotopic (exact) mass is 262 g/mol. The molecule has 19 heavy (non-hydrogen) atoms. The molecule has 0 bridgehead atoms. The van der Waals surface area contributed by atoms with E-state index in [1.807, 2.05) is 0 Å². The topological polar surface area (TPSA) is 67.9 Å². The van der Waals surface area contributed by atoms with Crippen molar-refractivity contribution in [2.24, 2.45) is 0 Å². The lowest BCUT2D eigenvalue weighted by atomic mass is 10.1. The summed E-state index contributed by atoms with van der Waals surface area (Å²) in [5.41, 5.74) is 0.341. The molecule has 2 aliphatic rings. The third-order valence-corrected chi connectivity index (χ3v) is 3.23. The van der Waals surface area contributed by atoms with Crippen molar-refractivity contribution in [2.75, 3.05) is 33.0 Å². The van der Waals surface area contributed by atoms with Gasteiger partial charge in [0.15, 0.2) is 11.5 Å². The van der Waals surface area contributed by atoms with Crippen molar-refractivity contribution in [1.82, 2.24) is 10.2 Å². The summed E-state index contributed by atoms with van der Waals surface area (Å²) in [6, 6.07) is 4.81. The second-order valence-corrected chi connectivity index (χ2v) is 4.44. The van der Waals surface area contributed by atoms with E-state index in [0.717, 1.165) is 13.1 Å². The van der Waals surface area contributed by atoms with Crippen LogP contribution < -0.4 is 14.8 Å². The van der Waals surface area contributed by atoms with E-state index >= 15 is 0 Å². The lowest BCUT2D eigenvalue weighted by Gasteiger charge is -2.26. The van der Waals surface area contributed by atoms with E-state index in [1.54, 1.807) is 23.1 Å². The van der Waals surface area contributed by atoms with E-state index in [9.17, 15) is 9.59 Å². The van der Waals surface area contributed by atoms with Crippen LogP contribution >= 0.6 is 0 Å². The van der Waals surface area contributed by atoms with Crippen molar-refractivity contribution in [3.8, 4) is 11.5 Å². The summed E-state index contributed by atoms with van der Waals surface area (Å²) in [6.07, 6.45) is 0. The number of fused-ring (bicyclic) bond motifs is 1. The Morgan fingerprint density at radius 2 is 1.84 bits per heavy atom. The van der Waals surface area contributed by atoms with Crippen molar-refractivity contribution in [3.63, 3.8) is 0 Å². The van der Waals surface area contributed by atoms with Crippen LogP contribution in [0.15, 0.2) is 18.2 Å². The molecule has 2 aliphatic heterocycles. The third-order valence-electron chi connectivity index (χ3n) is 3.23. The van der Waals surface area contributed by atoms with Gasteiger partial charge in [-0.15, -0.1) is 0 Å². The van der Waals surface area contributed by atoms with E-state index in [0.29, 0.717) is 30.2 Å². The zero-order chi connectivity index (χ0) is 13.2. The van der Waals surface area contributed by atoms with Crippen LogP contribution in [0.25, 0.3) is 0 Å². The number of amides is 1. The largest absolute Gasteiger partial charge is 0.454 e. The Kier molecular flexibility index (Phi) is 3.08. The van der Waals surface area contributed by atoms with Crippen molar-refractivity contribution in [1.29, 1.82) is 0 Å². The van der Waals surface area contributed by atoms with E-state index in [-0.39, 0.29) is 6.79 Å². The van der Waals surface area contributed by atoms with Gasteiger partial charge in [-0.25, -0.2) is 0 Å². The van der Waals surface area contributed by atoms with E-state index < -0.39 is 11.7 Å². The summed E-state index contributed by atoms with van der Waals surface area (Å²) < 4.78 is 10.4. The lowest BCUT2D eigenvalue weighted by molar-refractivity contribution is -0.126. The lowest BCUT2D eigenvalue weighted by Crippen LogP contribution is -2.48. The molecular formula is C13H14N2O4. The summed E-state index contributed by atoms with van der Waals surface area (Å²) in [5.74, 6) is 0.158. The molecular weight excluding hydrogens is 248 g/mol. The van der Waals surface area contributed by atoms with Crippen LogP contribution in [0.1, 0.15) is 10.4 Å². The molecule has 6 nitrogen and oxygen atoms in total. The van der Waals surface area contributed by atoms with Crippen LogP contribution in [0.5, 0.6) is 11.5 Å². The number of ether oxygens (including phenoxy) is 2. The van der Waals surface area contributed by atoms with E-state index in [1.165, 1.54) is 0 Å². The number of hydrogen-bond acceptors (Lipinski definition) is 5. The molecule has 0 aromatic heterocycles. The maximum absolute atomic E-state index is 12.1. The summed E-state index contributed by atoms with van der Waals surface area (Å²) in [6.45, 7) is 2.73. The number of Topliss-reactive ketones (excluding diaryl/α,β-unsaturated/α-hetero) is 1. The van der Waals surface area contributed by atoms with Crippen LogP contribution in [0.3, 0.4) is 0 Å². The van der Waals surface area contributed by atoms with Crippen LogP contribution in [0.2, 0.25) is 0 Å². The SMILES string of the molecule is O=C(C(=O)N1CCNCC1)c1ccc2c(c1)OCO2. The molecule has 1 amide bonds. The molecule has 1 fully saturated rings. The Hall–Kier alpha value is -2.08. The number of benzene rings is 1. The van der Waals surface area contributed by atoms with Gasteiger partial charge in [-0.1, -0.05) is 0 Å². The molecule has 1 saturated heterocycles. The first kappa shape index (κ1) is 12.0. The van der Waals surface area contributed by atoms with Crippen LogP contribution in [0.4, 0.5) is 0 Å². The van der Waals surface area contributed by atoms with Crippen LogP contribution in [-0.4, -0.2) is 49.6 Å². The first-order chi connectivity index (χ1) is 9.25. The summed E-state index contributed by atoms with van der Waals surface area (Å²) >= 11 is 0. The highest BCUT2D eigenvalue weighted by atomic mass is 16.7. The Morgan fingerprint density at radius 1 is 1.11 bits per heavy atom. The molecule has 1 aromatic carbocycles. The molecule has 0 radical (unpaired) electrons. The van der Waals surface area contributed by atoms with Gasteiger partial charge in [-0.05, 0) is 18.2 Å². The molecule has 0 aliphatic carbocycles. The second kappa shape index (κ2) is 4.89. The minimum atomic E-state index is -0.500. The number of carbonyl (C=O) groups is 2. The summed E-state index contributed by atoms with van der Waals surface area (Å²) in [7, 11) is 0. The quantitative estimate of drug-likeness (QED) is 0.601. The molecule has 6 heteroatoms. The average molecular weight is 262 g/mol. The standard InChI is InChI=1S/C13H14N2O4/c16-12(13(17)15-5-3-14-4-6-15)9-1-2-10-11(7-9)19-8-18-10/h1-2,7,14H,3-6,8H2. The van der Waals surface area contributed by atoms with Gasteiger partial charge >= 0.3 is 0 Å². The van der Waals surface area contributed by atoms with Gasteiger partial charge in [0.2, 0.25) is 6.79 Å². The fraction of sp³-hybridized carbons (Fsp3) is 0.385. The molecule has 0 unspecified atom stereocenters. The molecule has 1 aromatic rings. The van der Waals surface area contributed by atoms with E-state index in [4.69, 9.17) is 9.47 Å². The Morgan fingerprint density at radius 3 is 2.63 bits per heavy atom. The number of nitrogens with zero attached hydrogens (tertiary/aromatic N) is 1. The van der Waals surface area contributed by atoms with Crippen molar-refractivity contribution in [2.45, 2.75) is 0 Å². The van der Waals surface area contributed by atoms with Crippen molar-refractivity contribution < 1.29 is 19.1 Å². The maximum atomic E-state index is 12.1. The fourth-order valence-electron chi connectivity index (χ4n) is 2.17. The zero-order valence-corrected chi connectivity index (χ0v) is 10.3. The van der Waals surface area contributed by atoms with Crippen LogP contribution in [0, 0.1) is 0 Å². The second-order valence-electron chi connectivity index (χ2n) is 4.44. The molecule has 0 saturated carbocycles. The van der Waals surface area contributed by atoms with Gasteiger partial charge in [-0.2, -0.15) is 0 Å². The maximum Gasteiger partial charge on any atom is 0.295 e. The average Bonchev–Trinajstić information content (AvgIpc) is 2.94. The first-order valence-electron chi connectivity index (χ1n) is 6.20. The Labute approximate surface area is 110 Å². The number of hydrogen-bond donors (Lipinski definition) is 1. The smallest absolute Gasteiger partial charge is 0.295 e. The minimum Gasteiger partial charge on any atom is -0.454 e. The number of rotatable bonds is 2.